The molecule has 0 unspecified atom stereocenters. The van der Waals surface area contributed by atoms with Crippen molar-refractivity contribution >= 4 is 21.4 Å². The molecule has 1 atom stereocenters. The van der Waals surface area contributed by atoms with Crippen molar-refractivity contribution in [2.75, 3.05) is 7.11 Å². The molecule has 8 heteroatoms. The predicted molar refractivity (Wildman–Crippen MR) is 82.4 cm³/mol. The van der Waals surface area contributed by atoms with E-state index >= 15 is 0 Å². The predicted octanol–water partition coefficient (Wildman–Crippen LogP) is 1.94. The third-order valence-corrected chi connectivity index (χ3v) is 6.00. The van der Waals surface area contributed by atoms with Gasteiger partial charge in [0.15, 0.2) is 4.21 Å². The lowest BCUT2D eigenvalue weighted by Crippen LogP contribution is -2.35. The molecule has 2 rings (SSSR count). The highest BCUT2D eigenvalue weighted by Gasteiger charge is 2.23. The number of thiophene rings is 1. The first-order valence-corrected chi connectivity index (χ1v) is 8.84. The lowest BCUT2D eigenvalue weighted by atomic mass is 10.3. The zero-order chi connectivity index (χ0) is 15.6. The van der Waals surface area contributed by atoms with Gasteiger partial charge in [0.05, 0.1) is 19.3 Å². The molecule has 0 fully saturated rings. The van der Waals surface area contributed by atoms with Crippen LogP contribution < -0.4 is 9.46 Å². The summed E-state index contributed by atoms with van der Waals surface area (Å²) in [6.07, 6.45) is 0. The lowest BCUT2D eigenvalue weighted by Gasteiger charge is -2.15. The maximum Gasteiger partial charge on any atom is 0.254 e. The summed E-state index contributed by atoms with van der Waals surface area (Å²) in [4.78, 5) is 0. The zero-order valence-corrected chi connectivity index (χ0v) is 14.1. The van der Waals surface area contributed by atoms with E-state index in [4.69, 9.17) is 4.74 Å². The smallest absolute Gasteiger partial charge is 0.254 e. The molecule has 0 aliphatic heterocycles. The van der Waals surface area contributed by atoms with Gasteiger partial charge in [-0.2, -0.15) is 5.10 Å². The van der Waals surface area contributed by atoms with Gasteiger partial charge >= 0.3 is 0 Å². The number of nitrogens with one attached hydrogen (secondary N) is 1. The number of hydrogen-bond donors (Lipinski definition) is 1. The monoisotopic (exact) mass is 329 g/mol. The van der Waals surface area contributed by atoms with Crippen LogP contribution in [0.2, 0.25) is 0 Å². The molecule has 2 aromatic heterocycles. The summed E-state index contributed by atoms with van der Waals surface area (Å²) in [5.74, 6) is 0.366. The van der Waals surface area contributed by atoms with Crippen LogP contribution in [0.3, 0.4) is 0 Å². The molecule has 21 heavy (non-hydrogen) atoms. The second kappa shape index (κ2) is 6.17. The first-order valence-electron chi connectivity index (χ1n) is 6.48. The molecule has 0 amide bonds. The Kier molecular flexibility index (Phi) is 4.70. The zero-order valence-electron chi connectivity index (χ0n) is 12.5. The summed E-state index contributed by atoms with van der Waals surface area (Å²) in [5, 5.41) is 6.03. The van der Waals surface area contributed by atoms with Crippen molar-refractivity contribution in [1.82, 2.24) is 14.5 Å². The molecule has 116 valence electrons. The minimum Gasteiger partial charge on any atom is -0.494 e. The van der Waals surface area contributed by atoms with Gasteiger partial charge in [0.1, 0.15) is 5.75 Å². The molecule has 0 saturated carbocycles. The Hall–Kier alpha value is -1.38. The first kappa shape index (κ1) is 16.0. The average Bonchev–Trinajstić information content (AvgIpc) is 2.96. The molecular formula is C13H19N3O3S2. The van der Waals surface area contributed by atoms with Crippen LogP contribution in [0, 0.1) is 13.8 Å². The van der Waals surface area contributed by atoms with E-state index in [0.29, 0.717) is 12.3 Å². The topological polar surface area (TPSA) is 73.2 Å². The van der Waals surface area contributed by atoms with Crippen LogP contribution in [-0.4, -0.2) is 31.3 Å². The fraction of sp³-hybridized carbons (Fsp3) is 0.462. The second-order valence-corrected chi connectivity index (χ2v) is 7.73. The highest BCUT2D eigenvalue weighted by Crippen LogP contribution is 2.29. The summed E-state index contributed by atoms with van der Waals surface area (Å²) in [5.41, 5.74) is 1.93. The van der Waals surface area contributed by atoms with Gasteiger partial charge < -0.3 is 4.74 Å². The summed E-state index contributed by atoms with van der Waals surface area (Å²) in [7, 11) is -2.12. The summed E-state index contributed by atoms with van der Waals surface area (Å²) < 4.78 is 34.4. The van der Waals surface area contributed by atoms with Crippen molar-refractivity contribution in [3.05, 3.63) is 28.9 Å². The number of hydrogen-bond acceptors (Lipinski definition) is 5. The van der Waals surface area contributed by atoms with Crippen molar-refractivity contribution < 1.29 is 13.2 Å². The van der Waals surface area contributed by atoms with E-state index in [1.54, 1.807) is 16.1 Å². The van der Waals surface area contributed by atoms with Crippen LogP contribution in [-0.2, 0) is 16.6 Å². The maximum absolute atomic E-state index is 12.4. The van der Waals surface area contributed by atoms with Gasteiger partial charge in [0.2, 0.25) is 0 Å². The number of aromatic nitrogens is 2. The molecule has 0 spiro atoms. The Bertz CT molecular complexity index is 719. The highest BCUT2D eigenvalue weighted by atomic mass is 32.2. The largest absolute Gasteiger partial charge is 0.494 e. The van der Waals surface area contributed by atoms with E-state index in [1.807, 2.05) is 26.8 Å². The summed E-state index contributed by atoms with van der Waals surface area (Å²) in [6.45, 7) is 6.15. The van der Waals surface area contributed by atoms with Crippen LogP contribution in [0.5, 0.6) is 5.75 Å². The maximum atomic E-state index is 12.4. The van der Waals surface area contributed by atoms with Crippen molar-refractivity contribution in [2.24, 2.45) is 0 Å². The quantitative estimate of drug-likeness (QED) is 0.879. The standard InChI is InChI=1S/C13H19N3O3S2/c1-9-7-11(3)16(14-9)8-10(2)15-21(17,18)13-12(19-4)5-6-20-13/h5-7,10,15H,8H2,1-4H3/t10-/m0/s1. The van der Waals surface area contributed by atoms with Gasteiger partial charge in [0, 0.05) is 11.7 Å². The van der Waals surface area contributed by atoms with E-state index in [0.717, 1.165) is 22.7 Å². The molecule has 0 aromatic carbocycles. The minimum absolute atomic E-state index is 0.199. The van der Waals surface area contributed by atoms with Gasteiger partial charge in [0.25, 0.3) is 10.0 Å². The van der Waals surface area contributed by atoms with E-state index in [1.165, 1.54) is 7.11 Å². The highest BCUT2D eigenvalue weighted by molar-refractivity contribution is 7.91. The number of sulfonamides is 1. The molecule has 0 aliphatic carbocycles. The molecule has 0 bridgehead atoms. The van der Waals surface area contributed by atoms with Crippen LogP contribution in [0.4, 0.5) is 0 Å². The SMILES string of the molecule is COc1ccsc1S(=O)(=O)N[C@@H](C)Cn1nc(C)cc1C. The fourth-order valence-electron chi connectivity index (χ4n) is 2.11. The molecule has 0 aliphatic rings. The normalized spacial score (nSPS) is 13.3. The molecule has 0 radical (unpaired) electrons. The van der Waals surface area contributed by atoms with Gasteiger partial charge in [-0.1, -0.05) is 0 Å². The van der Waals surface area contributed by atoms with Gasteiger partial charge in [-0.05, 0) is 38.3 Å². The number of methoxy groups -OCH3 is 1. The minimum atomic E-state index is -3.58. The molecule has 6 nitrogen and oxygen atoms in total. The number of aryl methyl sites for hydroxylation is 2. The van der Waals surface area contributed by atoms with E-state index in [2.05, 4.69) is 9.82 Å². The van der Waals surface area contributed by atoms with Crippen molar-refractivity contribution in [3.63, 3.8) is 0 Å². The Labute approximate surface area is 128 Å². The molecule has 2 aromatic rings. The first-order chi connectivity index (χ1) is 9.83. The number of nitrogens with zero attached hydrogens (tertiary/aromatic N) is 2. The van der Waals surface area contributed by atoms with Crippen molar-refractivity contribution in [3.8, 4) is 5.75 Å². The molecular weight excluding hydrogens is 310 g/mol. The summed E-state index contributed by atoms with van der Waals surface area (Å²) >= 11 is 1.14. The van der Waals surface area contributed by atoms with Gasteiger partial charge in [-0.15, -0.1) is 11.3 Å². The van der Waals surface area contributed by atoms with Crippen LogP contribution in [0.15, 0.2) is 21.7 Å². The van der Waals surface area contributed by atoms with Crippen molar-refractivity contribution in [1.29, 1.82) is 0 Å². The Morgan fingerprint density at radius 3 is 2.76 bits per heavy atom. The van der Waals surface area contributed by atoms with Gasteiger partial charge in [-0.3, -0.25) is 4.68 Å². The van der Waals surface area contributed by atoms with E-state index in [9.17, 15) is 8.42 Å². The Morgan fingerprint density at radius 1 is 1.48 bits per heavy atom. The molecule has 1 N–H and O–H groups in total. The number of ether oxygens (including phenoxy) is 1. The van der Waals surface area contributed by atoms with Crippen LogP contribution >= 0.6 is 11.3 Å². The fourth-order valence-corrected chi connectivity index (χ4v) is 4.63. The third kappa shape index (κ3) is 3.63. The van der Waals surface area contributed by atoms with Gasteiger partial charge in [-0.25, -0.2) is 13.1 Å². The average molecular weight is 329 g/mol. The summed E-state index contributed by atoms with van der Waals surface area (Å²) in [6, 6.07) is 3.33. The Balaban J connectivity index is 2.11. The molecule has 2 heterocycles. The van der Waals surface area contributed by atoms with Crippen LogP contribution in [0.25, 0.3) is 0 Å². The van der Waals surface area contributed by atoms with Crippen LogP contribution in [0.1, 0.15) is 18.3 Å². The number of rotatable bonds is 6. The second-order valence-electron chi connectivity index (χ2n) is 4.91. The Morgan fingerprint density at radius 2 is 2.19 bits per heavy atom. The van der Waals surface area contributed by atoms with E-state index in [-0.39, 0.29) is 10.3 Å². The third-order valence-electron chi connectivity index (χ3n) is 2.97. The lowest BCUT2D eigenvalue weighted by molar-refractivity contribution is 0.405. The molecule has 0 saturated heterocycles. The van der Waals surface area contributed by atoms with Crippen molar-refractivity contribution in [2.45, 2.75) is 37.6 Å². The van der Waals surface area contributed by atoms with E-state index < -0.39 is 10.0 Å².